The van der Waals surface area contributed by atoms with E-state index in [1.807, 2.05) is 6.92 Å². The topological polar surface area (TPSA) is 72.3 Å². The van der Waals surface area contributed by atoms with Crippen molar-refractivity contribution >= 4 is 0 Å². The molecule has 0 bridgehead atoms. The predicted molar refractivity (Wildman–Crippen MR) is 51.7 cm³/mol. The van der Waals surface area contributed by atoms with Gasteiger partial charge >= 0.3 is 0 Å². The van der Waals surface area contributed by atoms with Gasteiger partial charge in [-0.05, 0) is 25.3 Å². The van der Waals surface area contributed by atoms with Crippen LogP contribution >= 0.6 is 0 Å². The highest BCUT2D eigenvalue weighted by atomic mass is 16.3. The van der Waals surface area contributed by atoms with Gasteiger partial charge in [-0.2, -0.15) is 0 Å². The molecule has 0 radical (unpaired) electrons. The lowest BCUT2D eigenvalue weighted by atomic mass is 9.93. The Bertz CT molecular complexity index is 96.7. The van der Waals surface area contributed by atoms with Crippen LogP contribution in [0, 0.1) is 5.92 Å². The summed E-state index contributed by atoms with van der Waals surface area (Å²) in [6, 6.07) is -0.156. The number of hydrogen-bond donors (Lipinski definition) is 3. The summed E-state index contributed by atoms with van der Waals surface area (Å²) in [5.74, 6) is 0.288. The normalized spacial score (nSPS) is 18.8. The Hall–Kier alpha value is -0.120. The van der Waals surface area contributed by atoms with Gasteiger partial charge in [-0.25, -0.2) is 0 Å². The molecule has 3 nitrogen and oxygen atoms in total. The van der Waals surface area contributed by atoms with Crippen molar-refractivity contribution in [3.63, 3.8) is 0 Å². The lowest BCUT2D eigenvalue weighted by Crippen LogP contribution is -2.40. The molecule has 0 aliphatic rings. The fourth-order valence-electron chi connectivity index (χ4n) is 1.41. The zero-order valence-corrected chi connectivity index (χ0v) is 8.16. The van der Waals surface area contributed by atoms with E-state index < -0.39 is 6.10 Å². The van der Waals surface area contributed by atoms with Crippen molar-refractivity contribution in [1.29, 1.82) is 0 Å². The molecule has 0 spiro atoms. The zero-order chi connectivity index (χ0) is 9.56. The van der Waals surface area contributed by atoms with Crippen LogP contribution in [0.5, 0.6) is 0 Å². The summed E-state index contributed by atoms with van der Waals surface area (Å²) < 4.78 is 0. The van der Waals surface area contributed by atoms with Crippen LogP contribution < -0.4 is 11.5 Å². The van der Waals surface area contributed by atoms with Gasteiger partial charge < -0.3 is 16.6 Å². The van der Waals surface area contributed by atoms with E-state index in [1.54, 1.807) is 0 Å². The third-order valence-corrected chi connectivity index (χ3v) is 2.27. The van der Waals surface area contributed by atoms with Crippen molar-refractivity contribution in [1.82, 2.24) is 0 Å². The third kappa shape index (κ3) is 4.04. The molecule has 3 unspecified atom stereocenters. The van der Waals surface area contributed by atoms with Gasteiger partial charge in [-0.1, -0.05) is 20.3 Å². The van der Waals surface area contributed by atoms with Crippen molar-refractivity contribution < 1.29 is 5.11 Å². The molecule has 0 aliphatic carbocycles. The molecule has 0 saturated carbocycles. The van der Waals surface area contributed by atoms with Gasteiger partial charge in [-0.15, -0.1) is 0 Å². The molecule has 0 amide bonds. The molecule has 0 aromatic heterocycles. The molecule has 74 valence electrons. The largest absolute Gasteiger partial charge is 0.391 e. The number of aliphatic hydroxyl groups excluding tert-OH is 1. The SMILES string of the molecule is CCCC(C)C(O)C(N)CCN. The smallest absolute Gasteiger partial charge is 0.0717 e. The molecule has 0 rings (SSSR count). The van der Waals surface area contributed by atoms with Crippen LogP contribution in [0.25, 0.3) is 0 Å². The minimum atomic E-state index is -0.395. The van der Waals surface area contributed by atoms with E-state index in [9.17, 15) is 5.11 Å². The third-order valence-electron chi connectivity index (χ3n) is 2.27. The Morgan fingerprint density at radius 2 is 1.92 bits per heavy atom. The summed E-state index contributed by atoms with van der Waals surface area (Å²) in [5, 5.41) is 9.67. The van der Waals surface area contributed by atoms with E-state index in [1.165, 1.54) is 0 Å². The number of aliphatic hydroxyl groups is 1. The van der Waals surface area contributed by atoms with Crippen molar-refractivity contribution in [3.05, 3.63) is 0 Å². The Labute approximate surface area is 75.1 Å². The lowest BCUT2D eigenvalue weighted by molar-refractivity contribution is 0.0831. The molecule has 0 fully saturated rings. The maximum absolute atomic E-state index is 9.67. The summed E-state index contributed by atoms with van der Waals surface area (Å²) in [4.78, 5) is 0. The Balaban J connectivity index is 3.73. The Morgan fingerprint density at radius 1 is 1.33 bits per heavy atom. The average Bonchev–Trinajstić information content (AvgIpc) is 2.04. The first-order valence-electron chi connectivity index (χ1n) is 4.77. The Morgan fingerprint density at radius 3 is 2.33 bits per heavy atom. The van der Waals surface area contributed by atoms with Crippen LogP contribution in [0.1, 0.15) is 33.1 Å². The first-order valence-corrected chi connectivity index (χ1v) is 4.77. The average molecular weight is 174 g/mol. The van der Waals surface area contributed by atoms with Crippen LogP contribution in [0.3, 0.4) is 0 Å². The second kappa shape index (κ2) is 6.40. The molecule has 0 aromatic rings. The molecule has 12 heavy (non-hydrogen) atoms. The fraction of sp³-hybridized carbons (Fsp3) is 1.00. The van der Waals surface area contributed by atoms with Crippen LogP contribution in [-0.4, -0.2) is 23.8 Å². The van der Waals surface area contributed by atoms with Gasteiger partial charge in [-0.3, -0.25) is 0 Å². The zero-order valence-electron chi connectivity index (χ0n) is 8.16. The molecule has 5 N–H and O–H groups in total. The monoisotopic (exact) mass is 174 g/mol. The highest BCUT2D eigenvalue weighted by molar-refractivity contribution is 4.76. The molecular weight excluding hydrogens is 152 g/mol. The van der Waals surface area contributed by atoms with E-state index >= 15 is 0 Å². The molecule has 0 aromatic carbocycles. The minimum Gasteiger partial charge on any atom is -0.391 e. The second-order valence-corrected chi connectivity index (χ2v) is 3.50. The number of hydrogen-bond acceptors (Lipinski definition) is 3. The van der Waals surface area contributed by atoms with E-state index in [0.717, 1.165) is 12.8 Å². The van der Waals surface area contributed by atoms with Crippen LogP contribution in [0.2, 0.25) is 0 Å². The van der Waals surface area contributed by atoms with E-state index in [4.69, 9.17) is 11.5 Å². The highest BCUT2D eigenvalue weighted by Gasteiger charge is 2.19. The summed E-state index contributed by atoms with van der Waals surface area (Å²) in [6.45, 7) is 4.69. The summed E-state index contributed by atoms with van der Waals surface area (Å²) in [6.07, 6.45) is 2.43. The van der Waals surface area contributed by atoms with E-state index in [2.05, 4.69) is 6.92 Å². The van der Waals surface area contributed by atoms with Gasteiger partial charge in [0.2, 0.25) is 0 Å². The van der Waals surface area contributed by atoms with E-state index in [-0.39, 0.29) is 12.0 Å². The van der Waals surface area contributed by atoms with Crippen LogP contribution in [0.4, 0.5) is 0 Å². The van der Waals surface area contributed by atoms with Crippen LogP contribution in [-0.2, 0) is 0 Å². The first kappa shape index (κ1) is 11.9. The summed E-state index contributed by atoms with van der Waals surface area (Å²) in [7, 11) is 0. The number of nitrogens with two attached hydrogens (primary N) is 2. The van der Waals surface area contributed by atoms with Crippen molar-refractivity contribution in [2.45, 2.75) is 45.3 Å². The minimum absolute atomic E-state index is 0.156. The maximum atomic E-state index is 9.67. The highest BCUT2D eigenvalue weighted by Crippen LogP contribution is 2.13. The van der Waals surface area contributed by atoms with Gasteiger partial charge in [0.25, 0.3) is 0 Å². The molecule has 3 heteroatoms. The number of rotatable bonds is 6. The van der Waals surface area contributed by atoms with E-state index in [0.29, 0.717) is 13.0 Å². The van der Waals surface area contributed by atoms with Gasteiger partial charge in [0, 0.05) is 6.04 Å². The molecule has 0 heterocycles. The second-order valence-electron chi connectivity index (χ2n) is 3.50. The van der Waals surface area contributed by atoms with Gasteiger partial charge in [0.05, 0.1) is 6.10 Å². The lowest BCUT2D eigenvalue weighted by Gasteiger charge is -2.23. The Kier molecular flexibility index (Phi) is 6.34. The van der Waals surface area contributed by atoms with Gasteiger partial charge in [0.1, 0.15) is 0 Å². The molecular formula is C9H22N2O. The molecule has 0 saturated heterocycles. The van der Waals surface area contributed by atoms with Crippen molar-refractivity contribution in [2.24, 2.45) is 17.4 Å². The molecule has 0 aliphatic heterocycles. The fourth-order valence-corrected chi connectivity index (χ4v) is 1.41. The quantitative estimate of drug-likeness (QED) is 0.548. The van der Waals surface area contributed by atoms with Crippen molar-refractivity contribution in [3.8, 4) is 0 Å². The standard InChI is InChI=1S/C9H22N2O/c1-3-4-7(2)9(12)8(11)5-6-10/h7-9,12H,3-6,10-11H2,1-2H3. The summed E-state index contributed by atoms with van der Waals surface area (Å²) >= 11 is 0. The first-order chi connectivity index (χ1) is 5.63. The molecule has 3 atom stereocenters. The van der Waals surface area contributed by atoms with Crippen molar-refractivity contribution in [2.75, 3.05) is 6.54 Å². The maximum Gasteiger partial charge on any atom is 0.0717 e. The van der Waals surface area contributed by atoms with Crippen LogP contribution in [0.15, 0.2) is 0 Å². The predicted octanol–water partition coefficient (Wildman–Crippen LogP) is 0.460. The van der Waals surface area contributed by atoms with Gasteiger partial charge in [0.15, 0.2) is 0 Å². The summed E-state index contributed by atoms with van der Waals surface area (Å²) in [5.41, 5.74) is 11.1.